The minimum Gasteiger partial charge on any atom is -0.364 e. The van der Waals surface area contributed by atoms with Crippen LogP contribution in [0.15, 0.2) is 29.5 Å². The van der Waals surface area contributed by atoms with Crippen molar-refractivity contribution in [1.29, 1.82) is 0 Å². The first-order valence-electron chi connectivity index (χ1n) is 2.51. The Morgan fingerprint density at radius 1 is 1.89 bits per heavy atom. The Hall–Kier alpha value is -0.760. The van der Waals surface area contributed by atoms with Gasteiger partial charge in [0.1, 0.15) is 12.0 Å². The monoisotopic (exact) mass is 143 g/mol. The standard InChI is InChI=1S/C6H6ClNO/c1-2-5(7)6-3-4-9-8-6/h2-5H,1H2. The molecular formula is C6H6ClNO. The number of rotatable bonds is 2. The summed E-state index contributed by atoms with van der Waals surface area (Å²) in [5.41, 5.74) is 0.701. The summed E-state index contributed by atoms with van der Waals surface area (Å²) < 4.78 is 4.56. The van der Waals surface area contributed by atoms with Crippen LogP contribution in [0.5, 0.6) is 0 Å². The van der Waals surface area contributed by atoms with E-state index in [0.717, 1.165) is 0 Å². The van der Waals surface area contributed by atoms with Crippen molar-refractivity contribution < 1.29 is 4.52 Å². The minimum atomic E-state index is -0.233. The van der Waals surface area contributed by atoms with Gasteiger partial charge in [0.15, 0.2) is 0 Å². The van der Waals surface area contributed by atoms with Gasteiger partial charge in [0, 0.05) is 6.07 Å². The number of hydrogen-bond acceptors (Lipinski definition) is 2. The second kappa shape index (κ2) is 2.69. The van der Waals surface area contributed by atoms with Crippen molar-refractivity contribution in [2.45, 2.75) is 5.38 Å². The minimum absolute atomic E-state index is 0.233. The molecule has 1 unspecified atom stereocenters. The number of allylic oxidation sites excluding steroid dienone is 1. The molecule has 0 bridgehead atoms. The van der Waals surface area contributed by atoms with Crippen molar-refractivity contribution in [3.8, 4) is 0 Å². The van der Waals surface area contributed by atoms with Gasteiger partial charge < -0.3 is 4.52 Å². The van der Waals surface area contributed by atoms with Crippen LogP contribution >= 0.6 is 11.6 Å². The summed E-state index contributed by atoms with van der Waals surface area (Å²) in [6.45, 7) is 3.50. The van der Waals surface area contributed by atoms with Crippen LogP contribution < -0.4 is 0 Å². The van der Waals surface area contributed by atoms with E-state index in [1.807, 2.05) is 0 Å². The molecule has 1 aromatic heterocycles. The highest BCUT2D eigenvalue weighted by molar-refractivity contribution is 6.21. The van der Waals surface area contributed by atoms with Crippen molar-refractivity contribution in [2.75, 3.05) is 0 Å². The third kappa shape index (κ3) is 1.33. The Bertz CT molecular complexity index is 183. The van der Waals surface area contributed by atoms with Crippen LogP contribution in [-0.2, 0) is 0 Å². The zero-order valence-corrected chi connectivity index (χ0v) is 5.51. The third-order valence-corrected chi connectivity index (χ3v) is 1.35. The number of halogens is 1. The Morgan fingerprint density at radius 2 is 2.67 bits per heavy atom. The zero-order chi connectivity index (χ0) is 6.69. The van der Waals surface area contributed by atoms with Crippen LogP contribution in [0, 0.1) is 0 Å². The van der Waals surface area contributed by atoms with Gasteiger partial charge in [0.05, 0.1) is 5.38 Å². The maximum Gasteiger partial charge on any atom is 0.124 e. The molecule has 1 rings (SSSR count). The molecule has 0 aliphatic heterocycles. The van der Waals surface area contributed by atoms with E-state index in [2.05, 4.69) is 16.3 Å². The first-order valence-corrected chi connectivity index (χ1v) is 2.95. The van der Waals surface area contributed by atoms with Gasteiger partial charge in [-0.1, -0.05) is 11.2 Å². The summed E-state index contributed by atoms with van der Waals surface area (Å²) in [7, 11) is 0. The van der Waals surface area contributed by atoms with Gasteiger partial charge in [-0.2, -0.15) is 0 Å². The van der Waals surface area contributed by atoms with Gasteiger partial charge in [-0.15, -0.1) is 18.2 Å². The molecule has 2 nitrogen and oxygen atoms in total. The van der Waals surface area contributed by atoms with Crippen molar-refractivity contribution in [1.82, 2.24) is 5.16 Å². The van der Waals surface area contributed by atoms with Gasteiger partial charge in [-0.05, 0) is 0 Å². The Balaban J connectivity index is 2.76. The average Bonchev–Trinajstić information content (AvgIpc) is 2.37. The van der Waals surface area contributed by atoms with Crippen molar-refractivity contribution in [3.63, 3.8) is 0 Å². The zero-order valence-electron chi connectivity index (χ0n) is 4.75. The summed E-state index contributed by atoms with van der Waals surface area (Å²) in [6.07, 6.45) is 3.08. The summed E-state index contributed by atoms with van der Waals surface area (Å²) in [5, 5.41) is 3.38. The molecule has 0 radical (unpaired) electrons. The van der Waals surface area contributed by atoms with E-state index in [1.54, 1.807) is 12.1 Å². The topological polar surface area (TPSA) is 26.0 Å². The summed E-state index contributed by atoms with van der Waals surface area (Å²) >= 11 is 5.69. The van der Waals surface area contributed by atoms with Crippen molar-refractivity contribution in [3.05, 3.63) is 30.7 Å². The van der Waals surface area contributed by atoms with E-state index < -0.39 is 0 Å². The predicted molar refractivity (Wildman–Crippen MR) is 35.3 cm³/mol. The maximum absolute atomic E-state index is 5.69. The van der Waals surface area contributed by atoms with E-state index in [4.69, 9.17) is 11.6 Å². The number of hydrogen-bond donors (Lipinski definition) is 0. The molecule has 0 spiro atoms. The molecule has 1 heterocycles. The summed E-state index contributed by atoms with van der Waals surface area (Å²) in [6, 6.07) is 1.71. The van der Waals surface area contributed by atoms with Gasteiger partial charge in [-0.3, -0.25) is 0 Å². The molecule has 0 aliphatic carbocycles. The number of nitrogens with zero attached hydrogens (tertiary/aromatic N) is 1. The molecule has 0 saturated carbocycles. The van der Waals surface area contributed by atoms with Crippen LogP contribution in [0.2, 0.25) is 0 Å². The van der Waals surface area contributed by atoms with Crippen LogP contribution in [0.1, 0.15) is 11.1 Å². The molecule has 0 fully saturated rings. The Morgan fingerprint density at radius 3 is 3.11 bits per heavy atom. The lowest BCUT2D eigenvalue weighted by Gasteiger charge is -1.92. The molecule has 1 atom stereocenters. The van der Waals surface area contributed by atoms with Crippen molar-refractivity contribution in [2.24, 2.45) is 0 Å². The lowest BCUT2D eigenvalue weighted by atomic mass is 10.3. The highest BCUT2D eigenvalue weighted by Gasteiger charge is 2.04. The molecule has 1 aromatic rings. The largest absolute Gasteiger partial charge is 0.364 e. The molecule has 0 aliphatic rings. The van der Waals surface area contributed by atoms with E-state index in [1.165, 1.54) is 6.26 Å². The molecule has 9 heavy (non-hydrogen) atoms. The number of aromatic nitrogens is 1. The fourth-order valence-electron chi connectivity index (χ4n) is 0.485. The highest BCUT2D eigenvalue weighted by Crippen LogP contribution is 2.17. The maximum atomic E-state index is 5.69. The first-order chi connectivity index (χ1) is 4.34. The van der Waals surface area contributed by atoms with Gasteiger partial charge in [0.2, 0.25) is 0 Å². The molecular weight excluding hydrogens is 138 g/mol. The lowest BCUT2D eigenvalue weighted by Crippen LogP contribution is -1.82. The number of alkyl halides is 1. The fourth-order valence-corrected chi connectivity index (χ4v) is 0.597. The second-order valence-corrected chi connectivity index (χ2v) is 2.03. The third-order valence-electron chi connectivity index (χ3n) is 0.947. The molecule has 0 amide bonds. The van der Waals surface area contributed by atoms with Crippen LogP contribution in [-0.4, -0.2) is 5.16 Å². The summed E-state index contributed by atoms with van der Waals surface area (Å²) in [4.78, 5) is 0. The Labute approximate surface area is 58.1 Å². The van der Waals surface area contributed by atoms with E-state index in [-0.39, 0.29) is 5.38 Å². The van der Waals surface area contributed by atoms with E-state index in [0.29, 0.717) is 5.69 Å². The van der Waals surface area contributed by atoms with Crippen LogP contribution in [0.25, 0.3) is 0 Å². The van der Waals surface area contributed by atoms with Crippen molar-refractivity contribution >= 4 is 11.6 Å². The second-order valence-electron chi connectivity index (χ2n) is 1.56. The molecule has 3 heteroatoms. The van der Waals surface area contributed by atoms with E-state index >= 15 is 0 Å². The van der Waals surface area contributed by atoms with E-state index in [9.17, 15) is 0 Å². The van der Waals surface area contributed by atoms with Gasteiger partial charge in [0.25, 0.3) is 0 Å². The summed E-state index contributed by atoms with van der Waals surface area (Å²) in [5.74, 6) is 0. The first kappa shape index (κ1) is 6.36. The molecule has 0 saturated heterocycles. The highest BCUT2D eigenvalue weighted by atomic mass is 35.5. The fraction of sp³-hybridized carbons (Fsp3) is 0.167. The lowest BCUT2D eigenvalue weighted by molar-refractivity contribution is 0.413. The predicted octanol–water partition coefficient (Wildman–Crippen LogP) is 2.14. The normalized spacial score (nSPS) is 13.0. The van der Waals surface area contributed by atoms with Gasteiger partial charge in [-0.25, -0.2) is 0 Å². The molecule has 0 aromatic carbocycles. The quantitative estimate of drug-likeness (QED) is 0.468. The average molecular weight is 144 g/mol. The van der Waals surface area contributed by atoms with Crippen LogP contribution in [0.3, 0.4) is 0 Å². The Kier molecular flexibility index (Phi) is 1.90. The SMILES string of the molecule is C=CC(Cl)c1ccon1. The molecule has 48 valence electrons. The smallest absolute Gasteiger partial charge is 0.124 e. The molecule has 0 N–H and O–H groups in total. The van der Waals surface area contributed by atoms with Crippen LogP contribution in [0.4, 0.5) is 0 Å². The van der Waals surface area contributed by atoms with Gasteiger partial charge >= 0.3 is 0 Å².